The Morgan fingerprint density at radius 3 is 2.44 bits per heavy atom. The van der Waals surface area contributed by atoms with Crippen molar-refractivity contribution in [2.75, 3.05) is 33.3 Å². The zero-order valence-electron chi connectivity index (χ0n) is 9.96. The van der Waals surface area contributed by atoms with E-state index in [1.165, 1.54) is 0 Å². The molecule has 0 aromatic carbocycles. The number of carbonyl (C=O) groups is 3. The van der Waals surface area contributed by atoms with Gasteiger partial charge in [0.2, 0.25) is 11.8 Å². The van der Waals surface area contributed by atoms with E-state index in [9.17, 15) is 14.4 Å². The van der Waals surface area contributed by atoms with E-state index in [0.717, 1.165) is 12.0 Å². The molecule has 0 spiro atoms. The molecule has 0 saturated carbocycles. The highest BCUT2D eigenvalue weighted by molar-refractivity contribution is 5.87. The van der Waals surface area contributed by atoms with Crippen LogP contribution in [0.3, 0.4) is 0 Å². The molecule has 0 aromatic rings. The second kappa shape index (κ2) is 8.39. The fraction of sp³-hybridized carbons (Fsp3) is 0.667. The van der Waals surface area contributed by atoms with Gasteiger partial charge in [-0.2, -0.15) is 0 Å². The van der Waals surface area contributed by atoms with Crippen LogP contribution in [0, 0.1) is 0 Å². The summed E-state index contributed by atoms with van der Waals surface area (Å²) in [6.07, 6.45) is -1.79. The highest BCUT2D eigenvalue weighted by atomic mass is 16.5. The quantitative estimate of drug-likeness (QED) is 0.274. The average Bonchev–Trinajstić information content (AvgIpc) is 2.33. The summed E-state index contributed by atoms with van der Waals surface area (Å²) in [5, 5.41) is 19.8. The van der Waals surface area contributed by atoms with Crippen LogP contribution in [0.5, 0.6) is 0 Å². The number of hydrogen-bond acceptors (Lipinski definition) is 7. The van der Waals surface area contributed by atoms with Gasteiger partial charge in [0.1, 0.15) is 6.54 Å². The van der Waals surface area contributed by atoms with Gasteiger partial charge in [0, 0.05) is 0 Å². The second-order valence-electron chi connectivity index (χ2n) is 3.31. The average molecular weight is 263 g/mol. The topological polar surface area (TPSA) is 142 Å². The van der Waals surface area contributed by atoms with Gasteiger partial charge >= 0.3 is 5.97 Å². The lowest BCUT2D eigenvalue weighted by Gasteiger charge is -2.22. The standard InChI is InChI=1S/C9H17N3O6/c1-18-9(17)5-12(4-8(15)16)7(14)3-11-6(13)2-10/h8,15-16H,2-5,10H2,1H3,(H,11,13). The molecule has 0 aromatic heterocycles. The van der Waals surface area contributed by atoms with Crippen molar-refractivity contribution in [3.63, 3.8) is 0 Å². The van der Waals surface area contributed by atoms with E-state index in [4.69, 9.17) is 15.9 Å². The van der Waals surface area contributed by atoms with Gasteiger partial charge in [0.05, 0.1) is 26.7 Å². The molecule has 9 nitrogen and oxygen atoms in total. The highest BCUT2D eigenvalue weighted by Crippen LogP contribution is 1.93. The number of nitrogens with two attached hydrogens (primary N) is 1. The maximum absolute atomic E-state index is 11.6. The van der Waals surface area contributed by atoms with Gasteiger partial charge in [-0.15, -0.1) is 0 Å². The van der Waals surface area contributed by atoms with Crippen molar-refractivity contribution in [2.24, 2.45) is 5.73 Å². The number of carbonyl (C=O) groups excluding carboxylic acids is 3. The second-order valence-corrected chi connectivity index (χ2v) is 3.31. The lowest BCUT2D eigenvalue weighted by atomic mass is 10.4. The molecule has 5 N–H and O–H groups in total. The van der Waals surface area contributed by atoms with Gasteiger partial charge in [-0.1, -0.05) is 0 Å². The molecular weight excluding hydrogens is 246 g/mol. The molecule has 0 atom stereocenters. The SMILES string of the molecule is COC(=O)CN(CC(O)O)C(=O)CNC(=O)CN. The number of amides is 2. The van der Waals surface area contributed by atoms with E-state index >= 15 is 0 Å². The van der Waals surface area contributed by atoms with Crippen LogP contribution in [0.2, 0.25) is 0 Å². The van der Waals surface area contributed by atoms with Crippen molar-refractivity contribution in [1.29, 1.82) is 0 Å². The molecule has 0 aliphatic heterocycles. The van der Waals surface area contributed by atoms with Gasteiger partial charge in [0.15, 0.2) is 6.29 Å². The largest absolute Gasteiger partial charge is 0.468 e. The third-order valence-electron chi connectivity index (χ3n) is 1.91. The van der Waals surface area contributed by atoms with Gasteiger partial charge in [0.25, 0.3) is 0 Å². The number of methoxy groups -OCH3 is 1. The molecule has 0 heterocycles. The molecule has 9 heteroatoms. The van der Waals surface area contributed by atoms with Crippen LogP contribution in [-0.4, -0.2) is 72.5 Å². The Bertz CT molecular complexity index is 307. The molecule has 0 aliphatic rings. The molecule has 2 amide bonds. The van der Waals surface area contributed by atoms with E-state index in [2.05, 4.69) is 10.1 Å². The summed E-state index contributed by atoms with van der Waals surface area (Å²) in [6.45, 7) is -1.56. The lowest BCUT2D eigenvalue weighted by Crippen LogP contribution is -2.46. The van der Waals surface area contributed by atoms with Gasteiger partial charge < -0.3 is 30.9 Å². The van der Waals surface area contributed by atoms with Crippen LogP contribution in [0.15, 0.2) is 0 Å². The number of rotatable bonds is 7. The first-order chi connectivity index (χ1) is 8.40. The number of aliphatic hydroxyl groups excluding tert-OH is 1. The van der Waals surface area contributed by atoms with Gasteiger partial charge in [-0.25, -0.2) is 0 Å². The number of aliphatic hydroxyl groups is 2. The molecule has 0 bridgehead atoms. The van der Waals surface area contributed by atoms with Crippen LogP contribution in [0.25, 0.3) is 0 Å². The number of nitrogens with zero attached hydrogens (tertiary/aromatic N) is 1. The zero-order chi connectivity index (χ0) is 14.1. The number of esters is 1. The Labute approximate surface area is 103 Å². The summed E-state index contributed by atoms with van der Waals surface area (Å²) >= 11 is 0. The van der Waals surface area contributed by atoms with Crippen molar-refractivity contribution in [3.8, 4) is 0 Å². The van der Waals surface area contributed by atoms with E-state index in [-0.39, 0.29) is 13.1 Å². The Balaban J connectivity index is 4.39. The molecule has 0 unspecified atom stereocenters. The Kier molecular flexibility index (Phi) is 7.59. The minimum absolute atomic E-state index is 0.271. The first kappa shape index (κ1) is 16.3. The van der Waals surface area contributed by atoms with E-state index < -0.39 is 37.2 Å². The Hall–Kier alpha value is -1.71. The van der Waals surface area contributed by atoms with Crippen molar-refractivity contribution >= 4 is 17.8 Å². The maximum Gasteiger partial charge on any atom is 0.325 e. The predicted molar refractivity (Wildman–Crippen MR) is 58.9 cm³/mol. The number of nitrogens with one attached hydrogen (secondary N) is 1. The van der Waals surface area contributed by atoms with Crippen molar-refractivity contribution in [3.05, 3.63) is 0 Å². The Morgan fingerprint density at radius 1 is 1.39 bits per heavy atom. The van der Waals surface area contributed by atoms with Crippen LogP contribution >= 0.6 is 0 Å². The normalized spacial score (nSPS) is 10.1. The maximum atomic E-state index is 11.6. The Morgan fingerprint density at radius 2 is 2.00 bits per heavy atom. The third-order valence-corrected chi connectivity index (χ3v) is 1.91. The van der Waals surface area contributed by atoms with Gasteiger partial charge in [-0.05, 0) is 0 Å². The van der Waals surface area contributed by atoms with E-state index in [1.807, 2.05) is 0 Å². The lowest BCUT2D eigenvalue weighted by molar-refractivity contribution is -0.150. The van der Waals surface area contributed by atoms with Gasteiger partial charge in [-0.3, -0.25) is 14.4 Å². The van der Waals surface area contributed by atoms with Crippen molar-refractivity contribution in [1.82, 2.24) is 10.2 Å². The fourth-order valence-electron chi connectivity index (χ4n) is 1.03. The molecule has 0 aliphatic carbocycles. The van der Waals surface area contributed by atoms with E-state index in [0.29, 0.717) is 0 Å². The predicted octanol–water partition coefficient (Wildman–Crippen LogP) is -3.63. The van der Waals surface area contributed by atoms with Crippen molar-refractivity contribution < 1.29 is 29.3 Å². The van der Waals surface area contributed by atoms with Crippen LogP contribution in [-0.2, 0) is 19.1 Å². The molecule has 104 valence electrons. The molecule has 0 saturated heterocycles. The summed E-state index contributed by atoms with van der Waals surface area (Å²) in [7, 11) is 1.14. The molecule has 0 rings (SSSR count). The van der Waals surface area contributed by atoms with Crippen LogP contribution < -0.4 is 11.1 Å². The first-order valence-corrected chi connectivity index (χ1v) is 5.08. The van der Waals surface area contributed by atoms with Crippen molar-refractivity contribution in [2.45, 2.75) is 6.29 Å². The highest BCUT2D eigenvalue weighted by Gasteiger charge is 2.20. The minimum atomic E-state index is -1.79. The van der Waals surface area contributed by atoms with Crippen LogP contribution in [0.4, 0.5) is 0 Å². The molecule has 18 heavy (non-hydrogen) atoms. The van der Waals surface area contributed by atoms with E-state index in [1.54, 1.807) is 0 Å². The fourth-order valence-corrected chi connectivity index (χ4v) is 1.03. The first-order valence-electron chi connectivity index (χ1n) is 5.08. The molecule has 0 radical (unpaired) electrons. The minimum Gasteiger partial charge on any atom is -0.468 e. The summed E-state index contributed by atoms with van der Waals surface area (Å²) in [5.41, 5.74) is 5.03. The van der Waals surface area contributed by atoms with Crippen LogP contribution in [0.1, 0.15) is 0 Å². The smallest absolute Gasteiger partial charge is 0.325 e. The zero-order valence-corrected chi connectivity index (χ0v) is 9.96. The summed E-state index contributed by atoms with van der Waals surface area (Å²) in [4.78, 5) is 34.3. The summed E-state index contributed by atoms with van der Waals surface area (Å²) in [5.74, 6) is -1.91. The number of hydrogen-bond donors (Lipinski definition) is 4. The summed E-state index contributed by atoms with van der Waals surface area (Å²) in [6, 6.07) is 0. The molecular formula is C9H17N3O6. The molecule has 0 fully saturated rings. The summed E-state index contributed by atoms with van der Waals surface area (Å²) < 4.78 is 4.36. The number of ether oxygens (including phenoxy) is 1. The third kappa shape index (κ3) is 6.78. The monoisotopic (exact) mass is 263 g/mol.